The van der Waals surface area contributed by atoms with Gasteiger partial charge in [-0.1, -0.05) is 43.3 Å². The zero-order chi connectivity index (χ0) is 20.9. The van der Waals surface area contributed by atoms with Crippen molar-refractivity contribution in [2.45, 2.75) is 23.6 Å². The van der Waals surface area contributed by atoms with Crippen LogP contribution >= 0.6 is 11.3 Å². The fraction of sp³-hybridized carbons (Fsp3) is 0.190. The van der Waals surface area contributed by atoms with Gasteiger partial charge in [0.2, 0.25) is 5.91 Å². The summed E-state index contributed by atoms with van der Waals surface area (Å²) in [5.41, 5.74) is 1.17. The molecule has 0 fully saturated rings. The Kier molecular flexibility index (Phi) is 6.66. The van der Waals surface area contributed by atoms with Crippen LogP contribution in [0.5, 0.6) is 0 Å². The molecule has 0 saturated carbocycles. The highest BCUT2D eigenvalue weighted by Crippen LogP contribution is 2.27. The third kappa shape index (κ3) is 5.02. The van der Waals surface area contributed by atoms with Crippen molar-refractivity contribution in [3.8, 4) is 0 Å². The van der Waals surface area contributed by atoms with E-state index in [0.29, 0.717) is 6.42 Å². The first kappa shape index (κ1) is 21.0. The number of amides is 1. The summed E-state index contributed by atoms with van der Waals surface area (Å²) in [6, 6.07) is 17.4. The second-order valence-electron chi connectivity index (χ2n) is 6.36. The van der Waals surface area contributed by atoms with Gasteiger partial charge in [-0.25, -0.2) is 12.8 Å². The minimum atomic E-state index is -3.96. The van der Waals surface area contributed by atoms with Gasteiger partial charge in [0.15, 0.2) is 0 Å². The van der Waals surface area contributed by atoms with Crippen LogP contribution in [0.4, 0.5) is 10.1 Å². The summed E-state index contributed by atoms with van der Waals surface area (Å²) in [7, 11) is -3.96. The van der Waals surface area contributed by atoms with E-state index in [1.165, 1.54) is 30.3 Å². The van der Waals surface area contributed by atoms with Gasteiger partial charge in [0.25, 0.3) is 10.0 Å². The Morgan fingerprint density at radius 3 is 2.34 bits per heavy atom. The van der Waals surface area contributed by atoms with Gasteiger partial charge in [0.05, 0.1) is 11.7 Å². The number of carbonyl (C=O) groups is 1. The maximum Gasteiger partial charge on any atom is 0.274 e. The molecule has 3 aromatic rings. The highest BCUT2D eigenvalue weighted by molar-refractivity contribution is 7.94. The van der Waals surface area contributed by atoms with Crippen LogP contribution in [0.1, 0.15) is 24.9 Å². The first-order valence-corrected chi connectivity index (χ1v) is 11.4. The Morgan fingerprint density at radius 1 is 1.07 bits per heavy atom. The number of nitrogens with zero attached hydrogens (tertiary/aromatic N) is 1. The maximum absolute atomic E-state index is 13.3. The first-order valence-electron chi connectivity index (χ1n) is 9.08. The average molecular weight is 433 g/mol. The molecule has 152 valence electrons. The van der Waals surface area contributed by atoms with Crippen LogP contribution in [-0.2, 0) is 14.8 Å². The molecule has 1 N–H and O–H groups in total. The lowest BCUT2D eigenvalue weighted by Crippen LogP contribution is -2.41. The van der Waals surface area contributed by atoms with Crippen LogP contribution in [0.2, 0.25) is 0 Å². The van der Waals surface area contributed by atoms with Crippen LogP contribution in [-0.4, -0.2) is 20.9 Å². The SMILES string of the molecule is CCC(NC(=O)CN(c1ccc(F)cc1)S(=O)(=O)c1cccs1)c1ccccc1. The Hall–Kier alpha value is -2.71. The third-order valence-electron chi connectivity index (χ3n) is 4.39. The molecule has 0 radical (unpaired) electrons. The fourth-order valence-electron chi connectivity index (χ4n) is 2.92. The van der Waals surface area contributed by atoms with Gasteiger partial charge < -0.3 is 5.32 Å². The number of halogens is 1. The molecule has 1 unspecified atom stereocenters. The minimum absolute atomic E-state index is 0.115. The minimum Gasteiger partial charge on any atom is -0.348 e. The molecule has 8 heteroatoms. The molecule has 0 saturated heterocycles. The van der Waals surface area contributed by atoms with E-state index >= 15 is 0 Å². The van der Waals surface area contributed by atoms with Gasteiger partial charge in [-0.3, -0.25) is 9.10 Å². The Morgan fingerprint density at radius 2 is 1.76 bits per heavy atom. The Labute approximate surface area is 173 Å². The van der Waals surface area contributed by atoms with Gasteiger partial charge in [-0.05, 0) is 47.7 Å². The molecule has 1 atom stereocenters. The molecule has 1 amide bonds. The largest absolute Gasteiger partial charge is 0.348 e. The molecule has 0 aliphatic heterocycles. The highest BCUT2D eigenvalue weighted by atomic mass is 32.2. The van der Waals surface area contributed by atoms with Crippen molar-refractivity contribution in [3.05, 3.63) is 83.5 Å². The van der Waals surface area contributed by atoms with Gasteiger partial charge in [-0.15, -0.1) is 11.3 Å². The van der Waals surface area contributed by atoms with Crippen LogP contribution in [0.3, 0.4) is 0 Å². The Balaban J connectivity index is 1.87. The van der Waals surface area contributed by atoms with Crippen molar-refractivity contribution in [2.24, 2.45) is 0 Å². The van der Waals surface area contributed by atoms with E-state index < -0.39 is 28.3 Å². The third-order valence-corrected chi connectivity index (χ3v) is 7.53. The van der Waals surface area contributed by atoms with Crippen LogP contribution in [0.25, 0.3) is 0 Å². The molecule has 1 heterocycles. The van der Waals surface area contributed by atoms with Crippen LogP contribution in [0.15, 0.2) is 76.3 Å². The van der Waals surface area contributed by atoms with Crippen LogP contribution < -0.4 is 9.62 Å². The van der Waals surface area contributed by atoms with E-state index in [1.54, 1.807) is 11.4 Å². The van der Waals surface area contributed by atoms with Gasteiger partial charge in [-0.2, -0.15) is 0 Å². The molecule has 29 heavy (non-hydrogen) atoms. The molecule has 1 aromatic heterocycles. The van der Waals surface area contributed by atoms with Crippen molar-refractivity contribution in [2.75, 3.05) is 10.8 Å². The smallest absolute Gasteiger partial charge is 0.274 e. The number of hydrogen-bond donors (Lipinski definition) is 1. The number of thiophene rings is 1. The lowest BCUT2D eigenvalue weighted by atomic mass is 10.0. The van der Waals surface area contributed by atoms with E-state index in [9.17, 15) is 17.6 Å². The second-order valence-corrected chi connectivity index (χ2v) is 9.40. The lowest BCUT2D eigenvalue weighted by Gasteiger charge is -2.25. The predicted octanol–water partition coefficient (Wildman–Crippen LogP) is 4.35. The number of hydrogen-bond acceptors (Lipinski definition) is 4. The van der Waals surface area contributed by atoms with Crippen molar-refractivity contribution >= 4 is 33.0 Å². The van der Waals surface area contributed by atoms with E-state index in [0.717, 1.165) is 21.2 Å². The molecule has 0 aliphatic carbocycles. The molecule has 0 bridgehead atoms. The molecular weight excluding hydrogens is 411 g/mol. The van der Waals surface area contributed by atoms with E-state index in [-0.39, 0.29) is 15.9 Å². The summed E-state index contributed by atoms with van der Waals surface area (Å²) in [5, 5.41) is 4.55. The topological polar surface area (TPSA) is 66.5 Å². The molecule has 3 rings (SSSR count). The van der Waals surface area contributed by atoms with Crippen molar-refractivity contribution in [3.63, 3.8) is 0 Å². The van der Waals surface area contributed by atoms with Crippen molar-refractivity contribution in [1.29, 1.82) is 0 Å². The van der Waals surface area contributed by atoms with E-state index in [2.05, 4.69) is 5.32 Å². The summed E-state index contributed by atoms with van der Waals surface area (Å²) in [6.07, 6.45) is 0.657. The predicted molar refractivity (Wildman–Crippen MR) is 113 cm³/mol. The second kappa shape index (κ2) is 9.19. The summed E-state index contributed by atoms with van der Waals surface area (Å²) in [5.74, 6) is -0.924. The van der Waals surface area contributed by atoms with E-state index in [4.69, 9.17) is 0 Å². The number of sulfonamides is 1. The summed E-state index contributed by atoms with van der Waals surface area (Å²) in [6.45, 7) is 1.53. The molecular formula is C21H21FN2O3S2. The lowest BCUT2D eigenvalue weighted by molar-refractivity contribution is -0.120. The maximum atomic E-state index is 13.3. The summed E-state index contributed by atoms with van der Waals surface area (Å²) in [4.78, 5) is 12.8. The van der Waals surface area contributed by atoms with Crippen LogP contribution in [0, 0.1) is 5.82 Å². The zero-order valence-electron chi connectivity index (χ0n) is 15.8. The Bertz CT molecular complexity index is 1040. The number of nitrogens with one attached hydrogen (secondary N) is 1. The molecule has 5 nitrogen and oxygen atoms in total. The van der Waals surface area contributed by atoms with Gasteiger partial charge in [0, 0.05) is 0 Å². The van der Waals surface area contributed by atoms with Gasteiger partial charge in [0.1, 0.15) is 16.6 Å². The average Bonchev–Trinajstić information content (AvgIpc) is 3.27. The molecule has 0 aliphatic rings. The number of benzene rings is 2. The number of rotatable bonds is 8. The monoisotopic (exact) mass is 432 g/mol. The number of anilines is 1. The first-order chi connectivity index (χ1) is 13.9. The molecule has 2 aromatic carbocycles. The number of carbonyl (C=O) groups excluding carboxylic acids is 1. The van der Waals surface area contributed by atoms with Crippen molar-refractivity contribution < 1.29 is 17.6 Å². The van der Waals surface area contributed by atoms with Crippen molar-refractivity contribution in [1.82, 2.24) is 5.32 Å². The fourth-order valence-corrected chi connectivity index (χ4v) is 5.44. The summed E-state index contributed by atoms with van der Waals surface area (Å²) < 4.78 is 40.7. The normalized spacial score (nSPS) is 12.3. The quantitative estimate of drug-likeness (QED) is 0.575. The van der Waals surface area contributed by atoms with Gasteiger partial charge >= 0.3 is 0 Å². The zero-order valence-corrected chi connectivity index (χ0v) is 17.4. The highest BCUT2D eigenvalue weighted by Gasteiger charge is 2.28. The molecule has 0 spiro atoms. The summed E-state index contributed by atoms with van der Waals surface area (Å²) >= 11 is 1.06. The van der Waals surface area contributed by atoms with E-state index in [1.807, 2.05) is 37.3 Å². The standard InChI is InChI=1S/C21H21FN2O3S2/c1-2-19(16-7-4-3-5-8-16)23-20(25)15-24(18-12-10-17(22)11-13-18)29(26,27)21-9-6-14-28-21/h3-14,19H,2,15H2,1H3,(H,23,25).